The largest absolute Gasteiger partial charge is 0.480 e. The summed E-state index contributed by atoms with van der Waals surface area (Å²) in [6.45, 7) is 1.11. The molecule has 1 aromatic carbocycles. The molecule has 3 rings (SSSR count). The van der Waals surface area contributed by atoms with Gasteiger partial charge in [0.1, 0.15) is 6.04 Å². The van der Waals surface area contributed by atoms with Crippen molar-refractivity contribution < 1.29 is 14.4 Å². The molecule has 0 spiro atoms. The summed E-state index contributed by atoms with van der Waals surface area (Å²) in [5, 5.41) is 13.1. The number of carboxylic acids is 1. The van der Waals surface area contributed by atoms with Gasteiger partial charge >= 0.3 is 5.97 Å². The van der Waals surface area contributed by atoms with Crippen LogP contribution in [0.4, 0.5) is 0 Å². The number of carboxylic acid groups (broad SMARTS) is 1. The lowest BCUT2D eigenvalue weighted by Crippen LogP contribution is -2.35. The molecule has 7 heteroatoms. The van der Waals surface area contributed by atoms with Gasteiger partial charge in [0.05, 0.1) is 6.54 Å². The Morgan fingerprint density at radius 2 is 2.38 bits per heavy atom. The minimum Gasteiger partial charge on any atom is -0.480 e. The van der Waals surface area contributed by atoms with Gasteiger partial charge in [0.2, 0.25) is 11.7 Å². The van der Waals surface area contributed by atoms with Gasteiger partial charge < -0.3 is 9.63 Å². The van der Waals surface area contributed by atoms with Crippen molar-refractivity contribution in [3.63, 3.8) is 0 Å². The second kappa shape index (κ2) is 5.95. The van der Waals surface area contributed by atoms with Crippen LogP contribution < -0.4 is 0 Å². The molecule has 0 saturated carbocycles. The molecule has 1 atom stereocenters. The summed E-state index contributed by atoms with van der Waals surface area (Å²) in [5.41, 5.74) is 0.857. The molecular weight excluding hydrogens is 338 g/mol. The molecule has 6 nitrogen and oxygen atoms in total. The fourth-order valence-corrected chi connectivity index (χ4v) is 2.93. The van der Waals surface area contributed by atoms with Crippen molar-refractivity contribution in [2.75, 3.05) is 6.54 Å². The summed E-state index contributed by atoms with van der Waals surface area (Å²) >= 11 is 3.40. The first-order valence-corrected chi connectivity index (χ1v) is 7.48. The van der Waals surface area contributed by atoms with E-state index in [0.29, 0.717) is 24.7 Å². The Labute approximate surface area is 129 Å². The van der Waals surface area contributed by atoms with Crippen molar-refractivity contribution in [3.05, 3.63) is 34.6 Å². The smallest absolute Gasteiger partial charge is 0.320 e. The van der Waals surface area contributed by atoms with Crippen molar-refractivity contribution >= 4 is 21.9 Å². The van der Waals surface area contributed by atoms with Crippen molar-refractivity contribution in [2.24, 2.45) is 0 Å². The van der Waals surface area contributed by atoms with E-state index in [1.54, 1.807) is 0 Å². The van der Waals surface area contributed by atoms with Crippen molar-refractivity contribution in [1.29, 1.82) is 0 Å². The Morgan fingerprint density at radius 3 is 3.14 bits per heavy atom. The Morgan fingerprint density at radius 1 is 1.52 bits per heavy atom. The van der Waals surface area contributed by atoms with E-state index in [0.717, 1.165) is 23.0 Å². The number of hydrogen-bond acceptors (Lipinski definition) is 5. The Kier molecular flexibility index (Phi) is 4.03. The number of aliphatic carboxylic acids is 1. The van der Waals surface area contributed by atoms with E-state index < -0.39 is 12.0 Å². The molecule has 21 heavy (non-hydrogen) atoms. The molecule has 1 aliphatic heterocycles. The van der Waals surface area contributed by atoms with Gasteiger partial charge in [-0.15, -0.1) is 0 Å². The van der Waals surface area contributed by atoms with Gasteiger partial charge in [0, 0.05) is 10.0 Å². The van der Waals surface area contributed by atoms with E-state index in [1.807, 2.05) is 29.2 Å². The summed E-state index contributed by atoms with van der Waals surface area (Å²) in [4.78, 5) is 17.4. The quantitative estimate of drug-likeness (QED) is 0.911. The number of aromatic nitrogens is 2. The fourth-order valence-electron chi connectivity index (χ4n) is 2.53. The summed E-state index contributed by atoms with van der Waals surface area (Å²) in [5.74, 6) is 0.162. The molecule has 1 saturated heterocycles. The van der Waals surface area contributed by atoms with Gasteiger partial charge in [0.15, 0.2) is 0 Å². The van der Waals surface area contributed by atoms with Crippen LogP contribution in [0.15, 0.2) is 33.3 Å². The highest BCUT2D eigenvalue weighted by Gasteiger charge is 2.31. The van der Waals surface area contributed by atoms with Gasteiger partial charge in [-0.1, -0.05) is 33.2 Å². The number of nitrogens with zero attached hydrogens (tertiary/aromatic N) is 3. The lowest BCUT2D eigenvalue weighted by atomic mass is 10.2. The minimum absolute atomic E-state index is 0.373. The second-order valence-electron chi connectivity index (χ2n) is 4.99. The van der Waals surface area contributed by atoms with E-state index in [-0.39, 0.29) is 0 Å². The molecule has 110 valence electrons. The molecule has 1 aliphatic rings. The third kappa shape index (κ3) is 3.14. The third-order valence-corrected chi connectivity index (χ3v) is 4.03. The van der Waals surface area contributed by atoms with Crippen LogP contribution in [0.2, 0.25) is 0 Å². The maximum Gasteiger partial charge on any atom is 0.320 e. The molecule has 2 heterocycles. The van der Waals surface area contributed by atoms with Gasteiger partial charge in [-0.3, -0.25) is 9.69 Å². The lowest BCUT2D eigenvalue weighted by Gasteiger charge is -2.18. The highest BCUT2D eigenvalue weighted by atomic mass is 79.9. The van der Waals surface area contributed by atoms with Crippen molar-refractivity contribution in [3.8, 4) is 11.4 Å². The first-order valence-electron chi connectivity index (χ1n) is 6.69. The number of carbonyl (C=O) groups is 1. The van der Waals surface area contributed by atoms with Gasteiger partial charge in [-0.2, -0.15) is 4.98 Å². The molecule has 1 fully saturated rings. The summed E-state index contributed by atoms with van der Waals surface area (Å²) in [6.07, 6.45) is 1.55. The number of halogens is 1. The first kappa shape index (κ1) is 14.2. The zero-order valence-electron chi connectivity index (χ0n) is 11.2. The SMILES string of the molecule is O=C(O)[C@@H]1CCCN1Cc1nc(-c2cccc(Br)c2)no1. The van der Waals surface area contributed by atoms with E-state index in [2.05, 4.69) is 26.1 Å². The van der Waals surface area contributed by atoms with Crippen LogP contribution in [-0.4, -0.2) is 38.7 Å². The van der Waals surface area contributed by atoms with E-state index in [4.69, 9.17) is 9.63 Å². The van der Waals surface area contributed by atoms with Crippen LogP contribution in [0.1, 0.15) is 18.7 Å². The predicted octanol–water partition coefficient (Wildman–Crippen LogP) is 2.55. The molecule has 0 unspecified atom stereocenters. The topological polar surface area (TPSA) is 79.5 Å². The first-order chi connectivity index (χ1) is 10.1. The summed E-state index contributed by atoms with van der Waals surface area (Å²) in [7, 11) is 0. The molecule has 1 aromatic heterocycles. The highest BCUT2D eigenvalue weighted by molar-refractivity contribution is 9.10. The molecule has 1 N–H and O–H groups in total. The van der Waals surface area contributed by atoms with E-state index in [1.165, 1.54) is 0 Å². The molecular formula is C14H14BrN3O3. The predicted molar refractivity (Wildman–Crippen MR) is 78.5 cm³/mol. The van der Waals surface area contributed by atoms with Crippen LogP contribution >= 0.6 is 15.9 Å². The van der Waals surface area contributed by atoms with Crippen LogP contribution in [0.5, 0.6) is 0 Å². The third-order valence-electron chi connectivity index (χ3n) is 3.54. The van der Waals surface area contributed by atoms with E-state index >= 15 is 0 Å². The van der Waals surface area contributed by atoms with Crippen molar-refractivity contribution in [1.82, 2.24) is 15.0 Å². The van der Waals surface area contributed by atoms with Crippen molar-refractivity contribution in [2.45, 2.75) is 25.4 Å². The highest BCUT2D eigenvalue weighted by Crippen LogP contribution is 2.23. The Hall–Kier alpha value is -1.73. The lowest BCUT2D eigenvalue weighted by molar-refractivity contribution is -0.142. The minimum atomic E-state index is -0.792. The Bertz CT molecular complexity index is 658. The number of benzene rings is 1. The summed E-state index contributed by atoms with van der Waals surface area (Å²) in [6, 6.07) is 7.17. The zero-order valence-corrected chi connectivity index (χ0v) is 12.8. The molecule has 0 bridgehead atoms. The van der Waals surface area contributed by atoms with Crippen LogP contribution in [0, 0.1) is 0 Å². The molecule has 2 aromatic rings. The average Bonchev–Trinajstić information content (AvgIpc) is 3.08. The maximum atomic E-state index is 11.2. The second-order valence-corrected chi connectivity index (χ2v) is 5.90. The monoisotopic (exact) mass is 351 g/mol. The van der Waals surface area contributed by atoms with Crippen LogP contribution in [-0.2, 0) is 11.3 Å². The Balaban J connectivity index is 1.75. The summed E-state index contributed by atoms with van der Waals surface area (Å²) < 4.78 is 6.18. The van der Waals surface area contributed by atoms with Crippen LogP contribution in [0.3, 0.4) is 0 Å². The van der Waals surface area contributed by atoms with E-state index in [9.17, 15) is 4.79 Å². The molecule has 0 aliphatic carbocycles. The molecule has 0 amide bonds. The maximum absolute atomic E-state index is 11.2. The van der Waals surface area contributed by atoms with Gasteiger partial charge in [0.25, 0.3) is 0 Å². The van der Waals surface area contributed by atoms with Gasteiger partial charge in [-0.25, -0.2) is 0 Å². The fraction of sp³-hybridized carbons (Fsp3) is 0.357. The standard InChI is InChI=1S/C14H14BrN3O3/c15-10-4-1-3-9(7-10)13-16-12(21-17-13)8-18-6-2-5-11(18)14(19)20/h1,3-4,7,11H,2,5-6,8H2,(H,19,20)/t11-/m0/s1. The number of hydrogen-bond donors (Lipinski definition) is 1. The zero-order chi connectivity index (χ0) is 14.8. The van der Waals surface area contributed by atoms with Crippen LogP contribution in [0.25, 0.3) is 11.4 Å². The normalized spacial score (nSPS) is 19.0. The number of rotatable bonds is 4. The average molecular weight is 352 g/mol. The van der Waals surface area contributed by atoms with Gasteiger partial charge in [-0.05, 0) is 31.5 Å². The number of likely N-dealkylation sites (tertiary alicyclic amines) is 1. The molecule has 0 radical (unpaired) electrons.